The number of amides is 1. The molecule has 2 aliphatic heterocycles. The van der Waals surface area contributed by atoms with Crippen molar-refractivity contribution < 1.29 is 9.53 Å². The number of ether oxygens (including phenoxy) is 1. The molecule has 4 heterocycles. The SMILES string of the molecule is Cc1ccnc(N2CCN(C(=O)c3n[nH]c4c3C[C@@H](C)O[C@H]4C)CC2)c1. The van der Waals surface area contributed by atoms with Crippen molar-refractivity contribution in [2.75, 3.05) is 31.1 Å². The lowest BCUT2D eigenvalue weighted by Gasteiger charge is -2.35. The summed E-state index contributed by atoms with van der Waals surface area (Å²) in [6.45, 7) is 9.02. The van der Waals surface area contributed by atoms with E-state index in [-0.39, 0.29) is 18.1 Å². The molecule has 4 rings (SSSR count). The second-order valence-electron chi connectivity index (χ2n) is 7.23. The Morgan fingerprint density at radius 3 is 2.77 bits per heavy atom. The lowest BCUT2D eigenvalue weighted by Crippen LogP contribution is -2.49. The van der Waals surface area contributed by atoms with Crippen LogP contribution in [0.5, 0.6) is 0 Å². The maximum Gasteiger partial charge on any atom is 0.274 e. The van der Waals surface area contributed by atoms with Gasteiger partial charge in [-0.15, -0.1) is 0 Å². The van der Waals surface area contributed by atoms with Crippen molar-refractivity contribution in [3.05, 3.63) is 40.8 Å². The number of aryl methyl sites for hydroxylation is 1. The van der Waals surface area contributed by atoms with Gasteiger partial charge in [0.25, 0.3) is 5.91 Å². The largest absolute Gasteiger partial charge is 0.369 e. The maximum atomic E-state index is 13.0. The average Bonchev–Trinajstić information content (AvgIpc) is 3.05. The summed E-state index contributed by atoms with van der Waals surface area (Å²) in [6.07, 6.45) is 2.62. The van der Waals surface area contributed by atoms with Gasteiger partial charge in [-0.1, -0.05) is 0 Å². The molecular formula is C19H25N5O2. The Hall–Kier alpha value is -2.41. The van der Waals surface area contributed by atoms with Crippen LogP contribution < -0.4 is 4.90 Å². The van der Waals surface area contributed by atoms with Crippen LogP contribution in [0.3, 0.4) is 0 Å². The predicted molar refractivity (Wildman–Crippen MR) is 98.3 cm³/mol. The minimum Gasteiger partial charge on any atom is -0.369 e. The van der Waals surface area contributed by atoms with E-state index in [0.29, 0.717) is 18.8 Å². The second kappa shape index (κ2) is 6.72. The van der Waals surface area contributed by atoms with Crippen molar-refractivity contribution in [1.29, 1.82) is 0 Å². The zero-order valence-corrected chi connectivity index (χ0v) is 15.5. The molecule has 2 aliphatic rings. The molecule has 1 amide bonds. The van der Waals surface area contributed by atoms with E-state index in [9.17, 15) is 4.79 Å². The molecular weight excluding hydrogens is 330 g/mol. The third-order valence-electron chi connectivity index (χ3n) is 5.23. The van der Waals surface area contributed by atoms with E-state index in [0.717, 1.165) is 36.6 Å². The molecule has 0 aliphatic carbocycles. The van der Waals surface area contributed by atoms with Crippen LogP contribution in [0.15, 0.2) is 18.3 Å². The van der Waals surface area contributed by atoms with Crippen molar-refractivity contribution in [3.63, 3.8) is 0 Å². The third kappa shape index (κ3) is 3.07. The van der Waals surface area contributed by atoms with Crippen LogP contribution in [0.2, 0.25) is 0 Å². The first-order chi connectivity index (χ1) is 12.5. The predicted octanol–water partition coefficient (Wildman–Crippen LogP) is 2.10. The minimum atomic E-state index is -0.0490. The molecule has 1 N–H and O–H groups in total. The van der Waals surface area contributed by atoms with Gasteiger partial charge in [0.1, 0.15) is 5.82 Å². The molecule has 1 fully saturated rings. The van der Waals surface area contributed by atoms with Gasteiger partial charge in [0.2, 0.25) is 0 Å². The lowest BCUT2D eigenvalue weighted by atomic mass is 9.99. The Morgan fingerprint density at radius 2 is 2.04 bits per heavy atom. The molecule has 0 spiro atoms. The first-order valence-corrected chi connectivity index (χ1v) is 9.22. The highest BCUT2D eigenvalue weighted by Gasteiger charge is 2.32. The third-order valence-corrected chi connectivity index (χ3v) is 5.23. The molecule has 2 aromatic heterocycles. The molecule has 0 radical (unpaired) electrons. The monoisotopic (exact) mass is 355 g/mol. The quantitative estimate of drug-likeness (QED) is 0.893. The van der Waals surface area contributed by atoms with Crippen LogP contribution in [0.4, 0.5) is 5.82 Å². The number of aromatic nitrogens is 3. The van der Waals surface area contributed by atoms with Crippen LogP contribution in [-0.2, 0) is 11.2 Å². The molecule has 0 saturated carbocycles. The molecule has 0 unspecified atom stereocenters. The summed E-state index contributed by atoms with van der Waals surface area (Å²) in [5.41, 5.74) is 3.71. The van der Waals surface area contributed by atoms with Crippen LogP contribution >= 0.6 is 0 Å². The van der Waals surface area contributed by atoms with Gasteiger partial charge in [-0.2, -0.15) is 5.10 Å². The van der Waals surface area contributed by atoms with Gasteiger partial charge >= 0.3 is 0 Å². The maximum absolute atomic E-state index is 13.0. The molecule has 7 heteroatoms. The summed E-state index contributed by atoms with van der Waals surface area (Å²) in [4.78, 5) is 21.6. The standard InChI is InChI=1S/C19H25N5O2/c1-12-4-5-20-16(10-12)23-6-8-24(9-7-23)19(25)18-15-11-13(2)26-14(3)17(15)21-22-18/h4-5,10,13-14H,6-9,11H2,1-3H3,(H,21,22)/t13-,14+/m1/s1. The van der Waals surface area contributed by atoms with E-state index in [1.54, 1.807) is 0 Å². The molecule has 2 atom stereocenters. The van der Waals surface area contributed by atoms with Gasteiger partial charge in [0.05, 0.1) is 17.9 Å². The van der Waals surface area contributed by atoms with Crippen LogP contribution in [0, 0.1) is 6.92 Å². The summed E-state index contributed by atoms with van der Waals surface area (Å²) in [7, 11) is 0. The van der Waals surface area contributed by atoms with Crippen molar-refractivity contribution in [1.82, 2.24) is 20.1 Å². The van der Waals surface area contributed by atoms with Gasteiger partial charge in [-0.3, -0.25) is 9.89 Å². The molecule has 0 aromatic carbocycles. The Balaban J connectivity index is 1.46. The number of anilines is 1. The highest BCUT2D eigenvalue weighted by atomic mass is 16.5. The normalized spacial score (nSPS) is 23.0. The van der Waals surface area contributed by atoms with Crippen molar-refractivity contribution in [3.8, 4) is 0 Å². The van der Waals surface area contributed by atoms with Crippen molar-refractivity contribution in [2.24, 2.45) is 0 Å². The number of piperazine rings is 1. The molecule has 1 saturated heterocycles. The number of carbonyl (C=O) groups is 1. The molecule has 26 heavy (non-hydrogen) atoms. The number of nitrogens with zero attached hydrogens (tertiary/aromatic N) is 4. The molecule has 7 nitrogen and oxygen atoms in total. The van der Waals surface area contributed by atoms with E-state index in [1.165, 1.54) is 5.56 Å². The van der Waals surface area contributed by atoms with Crippen molar-refractivity contribution >= 4 is 11.7 Å². The zero-order chi connectivity index (χ0) is 18.3. The van der Waals surface area contributed by atoms with Crippen molar-refractivity contribution in [2.45, 2.75) is 39.4 Å². The summed E-state index contributed by atoms with van der Waals surface area (Å²) in [6, 6.07) is 4.08. The lowest BCUT2D eigenvalue weighted by molar-refractivity contribution is -0.00702. The number of rotatable bonds is 2. The highest BCUT2D eigenvalue weighted by Crippen LogP contribution is 2.30. The molecule has 0 bridgehead atoms. The summed E-state index contributed by atoms with van der Waals surface area (Å²) in [5.74, 6) is 0.995. The van der Waals surface area contributed by atoms with Gasteiger partial charge < -0.3 is 14.5 Å². The zero-order valence-electron chi connectivity index (χ0n) is 15.5. The minimum absolute atomic E-state index is 0.0145. The van der Waals surface area contributed by atoms with Crippen LogP contribution in [0.25, 0.3) is 0 Å². The van der Waals surface area contributed by atoms with Crippen LogP contribution in [0.1, 0.15) is 47.3 Å². The first kappa shape index (κ1) is 17.0. The molecule has 2 aromatic rings. The van der Waals surface area contributed by atoms with Gasteiger partial charge in [0.15, 0.2) is 5.69 Å². The topological polar surface area (TPSA) is 74.4 Å². The van der Waals surface area contributed by atoms with E-state index in [2.05, 4.69) is 33.1 Å². The number of hydrogen-bond donors (Lipinski definition) is 1. The van der Waals surface area contributed by atoms with Gasteiger partial charge in [-0.25, -0.2) is 4.98 Å². The first-order valence-electron chi connectivity index (χ1n) is 9.22. The fraction of sp³-hybridized carbons (Fsp3) is 0.526. The average molecular weight is 355 g/mol. The van der Waals surface area contributed by atoms with Crippen LogP contribution in [-0.4, -0.2) is 58.3 Å². The fourth-order valence-corrected chi connectivity index (χ4v) is 3.83. The van der Waals surface area contributed by atoms with E-state index in [1.807, 2.05) is 31.0 Å². The number of H-pyrrole nitrogens is 1. The number of aromatic amines is 1. The van der Waals surface area contributed by atoms with Gasteiger partial charge in [-0.05, 0) is 38.5 Å². The summed E-state index contributed by atoms with van der Waals surface area (Å²) < 4.78 is 5.81. The summed E-state index contributed by atoms with van der Waals surface area (Å²) >= 11 is 0. The van der Waals surface area contributed by atoms with E-state index < -0.39 is 0 Å². The van der Waals surface area contributed by atoms with E-state index >= 15 is 0 Å². The number of carbonyl (C=O) groups excluding carboxylic acids is 1. The number of pyridine rings is 1. The Morgan fingerprint density at radius 1 is 1.27 bits per heavy atom. The number of hydrogen-bond acceptors (Lipinski definition) is 5. The number of fused-ring (bicyclic) bond motifs is 1. The summed E-state index contributed by atoms with van der Waals surface area (Å²) in [5, 5.41) is 7.34. The van der Waals surface area contributed by atoms with Gasteiger partial charge in [0, 0.05) is 44.4 Å². The molecule has 138 valence electrons. The Labute approximate surface area is 153 Å². The number of nitrogens with one attached hydrogen (secondary N) is 1. The Bertz CT molecular complexity index is 810. The Kier molecular flexibility index (Phi) is 4.40. The smallest absolute Gasteiger partial charge is 0.274 e. The van der Waals surface area contributed by atoms with E-state index in [4.69, 9.17) is 4.74 Å². The second-order valence-corrected chi connectivity index (χ2v) is 7.23. The fourth-order valence-electron chi connectivity index (χ4n) is 3.83. The highest BCUT2D eigenvalue weighted by molar-refractivity contribution is 5.94.